The zero-order valence-corrected chi connectivity index (χ0v) is 14.4. The van der Waals surface area contributed by atoms with E-state index < -0.39 is 18.7 Å². The molecule has 0 aliphatic carbocycles. The molecular weight excluding hydrogens is 368 g/mol. The zero-order valence-electron chi connectivity index (χ0n) is 12.8. The van der Waals surface area contributed by atoms with Crippen LogP contribution < -0.4 is 15.4 Å². The lowest BCUT2D eigenvalue weighted by molar-refractivity contribution is -0.153. The summed E-state index contributed by atoms with van der Waals surface area (Å²) in [4.78, 5) is 12.2. The number of nitrogens with one attached hydrogen (secondary N) is 2. The van der Waals surface area contributed by atoms with Crippen LogP contribution >= 0.6 is 24.0 Å². The molecule has 1 aromatic carbocycles. The van der Waals surface area contributed by atoms with Crippen LogP contribution in [0.4, 0.5) is 13.2 Å². The van der Waals surface area contributed by atoms with Crippen molar-refractivity contribution >= 4 is 29.9 Å². The molecule has 2 rings (SSSR count). The summed E-state index contributed by atoms with van der Waals surface area (Å²) >= 11 is 5.83. The van der Waals surface area contributed by atoms with Gasteiger partial charge in [0.15, 0.2) is 6.61 Å². The van der Waals surface area contributed by atoms with E-state index in [4.69, 9.17) is 16.3 Å². The Morgan fingerprint density at radius 2 is 2.12 bits per heavy atom. The number of piperidine rings is 1. The molecule has 1 amide bonds. The molecule has 2 N–H and O–H groups in total. The van der Waals surface area contributed by atoms with Crippen LogP contribution in [0.1, 0.15) is 29.6 Å². The smallest absolute Gasteiger partial charge is 0.422 e. The summed E-state index contributed by atoms with van der Waals surface area (Å²) in [6.07, 6.45) is -1.33. The van der Waals surface area contributed by atoms with Crippen molar-refractivity contribution < 1.29 is 22.7 Å². The third-order valence-electron chi connectivity index (χ3n) is 3.50. The number of rotatable bonds is 5. The highest BCUT2D eigenvalue weighted by atomic mass is 35.5. The lowest BCUT2D eigenvalue weighted by Gasteiger charge is -2.23. The fourth-order valence-electron chi connectivity index (χ4n) is 2.37. The van der Waals surface area contributed by atoms with Crippen molar-refractivity contribution in [2.75, 3.05) is 19.7 Å². The molecule has 1 saturated heterocycles. The molecule has 1 heterocycles. The van der Waals surface area contributed by atoms with Crippen LogP contribution in [0.3, 0.4) is 0 Å². The van der Waals surface area contributed by atoms with Gasteiger partial charge < -0.3 is 15.4 Å². The second kappa shape index (κ2) is 9.34. The van der Waals surface area contributed by atoms with Gasteiger partial charge in [-0.1, -0.05) is 18.0 Å². The van der Waals surface area contributed by atoms with Crippen LogP contribution in [0.5, 0.6) is 5.75 Å². The maximum atomic E-state index is 12.3. The average Bonchev–Trinajstić information content (AvgIpc) is 2.51. The number of hydrogen-bond donors (Lipinski definition) is 2. The van der Waals surface area contributed by atoms with Gasteiger partial charge in [-0.05, 0) is 37.6 Å². The topological polar surface area (TPSA) is 50.4 Å². The largest absolute Gasteiger partial charge is 0.483 e. The van der Waals surface area contributed by atoms with Gasteiger partial charge in [0.2, 0.25) is 0 Å². The van der Waals surface area contributed by atoms with Crippen LogP contribution in [0.25, 0.3) is 0 Å². The molecule has 4 nitrogen and oxygen atoms in total. The average molecular weight is 387 g/mol. The fraction of sp³-hybridized carbons (Fsp3) is 0.533. The lowest BCUT2D eigenvalue weighted by Crippen LogP contribution is -2.43. The zero-order chi connectivity index (χ0) is 16.9. The monoisotopic (exact) mass is 386 g/mol. The Morgan fingerprint density at radius 1 is 1.38 bits per heavy atom. The van der Waals surface area contributed by atoms with Crippen molar-refractivity contribution in [3.05, 3.63) is 28.8 Å². The maximum absolute atomic E-state index is 12.3. The van der Waals surface area contributed by atoms with Crippen molar-refractivity contribution in [3.63, 3.8) is 0 Å². The number of carbonyl (C=O) groups is 1. The predicted octanol–water partition coefficient (Wildman–Crippen LogP) is 3.57. The molecule has 1 aliphatic rings. The molecule has 1 aromatic rings. The maximum Gasteiger partial charge on any atom is 0.422 e. The predicted molar refractivity (Wildman–Crippen MR) is 88.2 cm³/mol. The highest BCUT2D eigenvalue weighted by Gasteiger charge is 2.29. The van der Waals surface area contributed by atoms with Gasteiger partial charge in [0.05, 0.1) is 5.56 Å². The number of alkyl halides is 3. The Balaban J connectivity index is 0.00000288. The quantitative estimate of drug-likeness (QED) is 0.812. The highest BCUT2D eigenvalue weighted by molar-refractivity contribution is 6.31. The molecule has 1 unspecified atom stereocenters. The first-order valence-electron chi connectivity index (χ1n) is 7.36. The molecule has 1 fully saturated rings. The molecule has 0 radical (unpaired) electrons. The SMILES string of the molecule is Cl.O=C(NCC1CCCCN1)c1cc(Cl)ccc1OCC(F)(F)F. The van der Waals surface area contributed by atoms with Crippen LogP contribution in [-0.2, 0) is 0 Å². The molecule has 136 valence electrons. The van der Waals surface area contributed by atoms with E-state index in [0.717, 1.165) is 25.8 Å². The van der Waals surface area contributed by atoms with Crippen molar-refractivity contribution in [1.29, 1.82) is 0 Å². The van der Waals surface area contributed by atoms with E-state index in [2.05, 4.69) is 10.6 Å². The van der Waals surface area contributed by atoms with E-state index in [1.165, 1.54) is 18.2 Å². The molecule has 0 aromatic heterocycles. The number of ether oxygens (including phenoxy) is 1. The van der Waals surface area contributed by atoms with Crippen molar-refractivity contribution in [2.24, 2.45) is 0 Å². The minimum Gasteiger partial charge on any atom is -0.483 e. The Kier molecular flexibility index (Phi) is 8.12. The molecule has 9 heteroatoms. The number of amides is 1. The van der Waals surface area contributed by atoms with Gasteiger partial charge in [0, 0.05) is 17.6 Å². The molecule has 0 saturated carbocycles. The number of benzene rings is 1. The minimum atomic E-state index is -4.47. The number of hydrogen-bond acceptors (Lipinski definition) is 3. The second-order valence-corrected chi connectivity index (χ2v) is 5.84. The standard InChI is InChI=1S/C15H18ClF3N2O2.ClH/c16-10-4-5-13(23-9-15(17,18)19)12(7-10)14(22)21-8-11-3-1-2-6-20-11;/h4-5,7,11,20H,1-3,6,8-9H2,(H,21,22);1H. The summed E-state index contributed by atoms with van der Waals surface area (Å²) in [6.45, 7) is -0.152. The summed E-state index contributed by atoms with van der Waals surface area (Å²) in [5, 5.41) is 6.24. The van der Waals surface area contributed by atoms with Crippen LogP contribution in [-0.4, -0.2) is 37.8 Å². The second-order valence-electron chi connectivity index (χ2n) is 5.40. The molecule has 24 heavy (non-hydrogen) atoms. The Hall–Kier alpha value is -1.18. The van der Waals surface area contributed by atoms with Gasteiger partial charge in [-0.25, -0.2) is 0 Å². The van der Waals surface area contributed by atoms with E-state index >= 15 is 0 Å². The summed E-state index contributed by atoms with van der Waals surface area (Å²) < 4.78 is 41.6. The third kappa shape index (κ3) is 6.75. The van der Waals surface area contributed by atoms with E-state index in [1.54, 1.807) is 0 Å². The van der Waals surface area contributed by atoms with Crippen molar-refractivity contribution in [3.8, 4) is 5.75 Å². The molecular formula is C15H19Cl2F3N2O2. The Labute approximate surface area is 149 Å². The fourth-order valence-corrected chi connectivity index (χ4v) is 2.55. The van der Waals surface area contributed by atoms with Crippen LogP contribution in [0, 0.1) is 0 Å². The van der Waals surface area contributed by atoms with Gasteiger partial charge in [0.1, 0.15) is 5.75 Å². The number of carbonyl (C=O) groups excluding carboxylic acids is 1. The van der Waals surface area contributed by atoms with Crippen molar-refractivity contribution in [2.45, 2.75) is 31.5 Å². The van der Waals surface area contributed by atoms with E-state index in [-0.39, 0.29) is 34.8 Å². The third-order valence-corrected chi connectivity index (χ3v) is 3.73. The van der Waals surface area contributed by atoms with Gasteiger partial charge in [-0.15, -0.1) is 12.4 Å². The van der Waals surface area contributed by atoms with Gasteiger partial charge in [-0.3, -0.25) is 4.79 Å². The summed E-state index contributed by atoms with van der Waals surface area (Å²) in [5.74, 6) is -0.641. The summed E-state index contributed by atoms with van der Waals surface area (Å²) in [6, 6.07) is 4.12. The minimum absolute atomic E-state index is 0. The first-order valence-corrected chi connectivity index (χ1v) is 7.73. The van der Waals surface area contributed by atoms with E-state index in [1.807, 2.05) is 0 Å². The summed E-state index contributed by atoms with van der Waals surface area (Å²) in [5.41, 5.74) is -0.00226. The lowest BCUT2D eigenvalue weighted by atomic mass is 10.0. The Bertz CT molecular complexity index is 550. The van der Waals surface area contributed by atoms with Crippen molar-refractivity contribution in [1.82, 2.24) is 10.6 Å². The van der Waals surface area contributed by atoms with Crippen LogP contribution in [0.2, 0.25) is 5.02 Å². The molecule has 0 spiro atoms. The molecule has 1 aliphatic heterocycles. The highest BCUT2D eigenvalue weighted by Crippen LogP contribution is 2.25. The van der Waals surface area contributed by atoms with E-state index in [0.29, 0.717) is 6.54 Å². The van der Waals surface area contributed by atoms with Gasteiger partial charge >= 0.3 is 6.18 Å². The molecule has 1 atom stereocenters. The number of halogens is 5. The normalized spacial score (nSPS) is 17.8. The first-order chi connectivity index (χ1) is 10.8. The molecule has 0 bridgehead atoms. The van der Waals surface area contributed by atoms with Crippen LogP contribution in [0.15, 0.2) is 18.2 Å². The van der Waals surface area contributed by atoms with Gasteiger partial charge in [0.25, 0.3) is 5.91 Å². The first kappa shape index (κ1) is 20.9. The Morgan fingerprint density at radius 3 is 2.75 bits per heavy atom. The van der Waals surface area contributed by atoms with Gasteiger partial charge in [-0.2, -0.15) is 13.2 Å². The summed E-state index contributed by atoms with van der Waals surface area (Å²) in [7, 11) is 0. The van der Waals surface area contributed by atoms with E-state index in [9.17, 15) is 18.0 Å².